The molecule has 0 saturated carbocycles. The number of pyridine rings is 1. The number of carbonyl (C=O) groups is 1. The van der Waals surface area contributed by atoms with Crippen LogP contribution in [0.4, 0.5) is 0 Å². The van der Waals surface area contributed by atoms with E-state index in [-0.39, 0.29) is 12.4 Å². The van der Waals surface area contributed by atoms with Crippen molar-refractivity contribution in [2.75, 3.05) is 7.11 Å². The van der Waals surface area contributed by atoms with Gasteiger partial charge >= 0.3 is 5.97 Å². The number of benzene rings is 2. The molecule has 0 unspecified atom stereocenters. The summed E-state index contributed by atoms with van der Waals surface area (Å²) in [6, 6.07) is 17.8. The van der Waals surface area contributed by atoms with Crippen LogP contribution in [0.5, 0.6) is 5.75 Å². The van der Waals surface area contributed by atoms with Crippen LogP contribution in [0.2, 0.25) is 0 Å². The molecular formula is C25H26ClN5O3. The molecule has 8 nitrogen and oxygen atoms in total. The predicted octanol–water partition coefficient (Wildman–Crippen LogP) is 4.98. The Morgan fingerprint density at radius 1 is 1.06 bits per heavy atom. The van der Waals surface area contributed by atoms with Gasteiger partial charge in [-0.2, -0.15) is 0 Å². The van der Waals surface area contributed by atoms with Crippen LogP contribution in [0, 0.1) is 6.92 Å². The highest BCUT2D eigenvalue weighted by atomic mass is 35.5. The van der Waals surface area contributed by atoms with E-state index in [1.807, 2.05) is 62.4 Å². The Bertz CT molecular complexity index is 1240. The van der Waals surface area contributed by atoms with E-state index < -0.39 is 5.97 Å². The largest absolute Gasteiger partial charge is 0.488 e. The van der Waals surface area contributed by atoms with E-state index in [1.54, 1.807) is 6.07 Å². The topological polar surface area (TPSA) is 103 Å². The Hall–Kier alpha value is -3.78. The summed E-state index contributed by atoms with van der Waals surface area (Å²) >= 11 is 0. The maximum atomic E-state index is 12.4. The quantitative estimate of drug-likeness (QED) is 0.355. The number of aryl methyl sites for hydroxylation is 2. The number of aromatic nitrogens is 5. The molecule has 0 spiro atoms. The fraction of sp³-hybridized carbons (Fsp3) is 0.240. The summed E-state index contributed by atoms with van der Waals surface area (Å²) in [5.74, 6) is 0.671. The highest BCUT2D eigenvalue weighted by Gasteiger charge is 2.20. The van der Waals surface area contributed by atoms with Gasteiger partial charge in [-0.05, 0) is 40.5 Å². The fourth-order valence-corrected chi connectivity index (χ4v) is 3.71. The Balaban J connectivity index is 0.00000324. The molecule has 0 aliphatic carbocycles. The van der Waals surface area contributed by atoms with Gasteiger partial charge in [-0.1, -0.05) is 61.9 Å². The van der Waals surface area contributed by atoms with Crippen molar-refractivity contribution in [3.05, 3.63) is 77.1 Å². The second-order valence-corrected chi connectivity index (χ2v) is 7.61. The maximum absolute atomic E-state index is 12.4. The number of hydrogen-bond donors (Lipinski definition) is 1. The van der Waals surface area contributed by atoms with Crippen molar-refractivity contribution in [2.24, 2.45) is 0 Å². The third kappa shape index (κ3) is 5.40. The van der Waals surface area contributed by atoms with E-state index in [4.69, 9.17) is 9.47 Å². The van der Waals surface area contributed by atoms with E-state index in [1.165, 1.54) is 7.11 Å². The molecule has 0 aliphatic rings. The molecule has 0 radical (unpaired) electrons. The van der Waals surface area contributed by atoms with Crippen molar-refractivity contribution in [1.29, 1.82) is 0 Å². The first-order valence-corrected chi connectivity index (χ1v) is 10.7. The zero-order valence-corrected chi connectivity index (χ0v) is 20.1. The van der Waals surface area contributed by atoms with Crippen LogP contribution in [0.25, 0.3) is 22.5 Å². The van der Waals surface area contributed by atoms with Crippen LogP contribution in [0.1, 0.15) is 40.7 Å². The lowest BCUT2D eigenvalue weighted by Gasteiger charge is -2.15. The molecule has 0 fully saturated rings. The summed E-state index contributed by atoms with van der Waals surface area (Å²) in [6.07, 6.45) is 1.55. The third-order valence-corrected chi connectivity index (χ3v) is 5.25. The minimum atomic E-state index is -0.435. The Morgan fingerprint density at radius 3 is 2.44 bits per heavy atom. The zero-order chi connectivity index (χ0) is 23.2. The molecule has 0 amide bonds. The van der Waals surface area contributed by atoms with Crippen LogP contribution in [-0.2, 0) is 17.8 Å². The molecule has 34 heavy (non-hydrogen) atoms. The highest BCUT2D eigenvalue weighted by molar-refractivity contribution is 5.93. The van der Waals surface area contributed by atoms with Crippen LogP contribution in [0.15, 0.2) is 54.6 Å². The van der Waals surface area contributed by atoms with Crippen molar-refractivity contribution >= 4 is 18.4 Å². The number of tetrazole rings is 1. The first-order valence-electron chi connectivity index (χ1n) is 10.7. The Morgan fingerprint density at radius 2 is 1.79 bits per heavy atom. The fourth-order valence-electron chi connectivity index (χ4n) is 3.71. The number of nitrogens with one attached hydrogen (secondary N) is 1. The van der Waals surface area contributed by atoms with Crippen LogP contribution in [0.3, 0.4) is 0 Å². The van der Waals surface area contributed by atoms with Crippen LogP contribution >= 0.6 is 12.4 Å². The minimum absolute atomic E-state index is 0. The normalized spacial score (nSPS) is 10.4. The highest BCUT2D eigenvalue weighted by Crippen LogP contribution is 2.30. The first-order chi connectivity index (χ1) is 16.1. The van der Waals surface area contributed by atoms with Gasteiger partial charge in [0.1, 0.15) is 17.9 Å². The second-order valence-electron chi connectivity index (χ2n) is 7.61. The van der Waals surface area contributed by atoms with Gasteiger partial charge in [0.25, 0.3) is 0 Å². The minimum Gasteiger partial charge on any atom is -0.488 e. The summed E-state index contributed by atoms with van der Waals surface area (Å²) < 4.78 is 11.1. The van der Waals surface area contributed by atoms with E-state index in [9.17, 15) is 4.79 Å². The first kappa shape index (κ1) is 24.9. The molecule has 2 heterocycles. The van der Waals surface area contributed by atoms with Gasteiger partial charge < -0.3 is 9.47 Å². The lowest BCUT2D eigenvalue weighted by Crippen LogP contribution is -2.12. The average Bonchev–Trinajstić information content (AvgIpc) is 3.38. The van der Waals surface area contributed by atoms with Crippen LogP contribution < -0.4 is 4.74 Å². The number of rotatable bonds is 8. The summed E-state index contributed by atoms with van der Waals surface area (Å²) in [4.78, 5) is 16.9. The van der Waals surface area contributed by atoms with Gasteiger partial charge in [-0.3, -0.25) is 4.98 Å². The maximum Gasteiger partial charge on any atom is 0.343 e. The monoisotopic (exact) mass is 479 g/mol. The van der Waals surface area contributed by atoms with Gasteiger partial charge in [-0.25, -0.2) is 9.89 Å². The van der Waals surface area contributed by atoms with Crippen molar-refractivity contribution in [3.63, 3.8) is 0 Å². The van der Waals surface area contributed by atoms with Gasteiger partial charge in [0.05, 0.1) is 12.8 Å². The van der Waals surface area contributed by atoms with E-state index in [0.717, 1.165) is 34.4 Å². The molecule has 0 aliphatic heterocycles. The molecule has 0 atom stereocenters. The lowest BCUT2D eigenvalue weighted by atomic mass is 9.98. The van der Waals surface area contributed by atoms with Gasteiger partial charge in [0, 0.05) is 17.3 Å². The molecule has 4 aromatic rings. The average molecular weight is 480 g/mol. The molecule has 176 valence electrons. The van der Waals surface area contributed by atoms with Crippen molar-refractivity contribution in [3.8, 4) is 28.3 Å². The van der Waals surface area contributed by atoms with Crippen molar-refractivity contribution in [2.45, 2.75) is 33.3 Å². The zero-order valence-electron chi connectivity index (χ0n) is 19.2. The van der Waals surface area contributed by atoms with E-state index in [2.05, 4.69) is 25.6 Å². The molecule has 0 bridgehead atoms. The SMILES string of the molecule is CCCc1nc(C)cc(OCc2ccc(-c3ccccc3-c3nnn[nH]3)cc2)c1C(=O)OC.Cl. The number of esters is 1. The summed E-state index contributed by atoms with van der Waals surface area (Å²) in [5.41, 5.74) is 5.85. The smallest absolute Gasteiger partial charge is 0.343 e. The third-order valence-electron chi connectivity index (χ3n) is 5.25. The second kappa shape index (κ2) is 11.4. The predicted molar refractivity (Wildman–Crippen MR) is 131 cm³/mol. The number of halogens is 1. The standard InChI is InChI=1S/C25H25N5O3.ClH/c1-4-7-21-23(25(31)32-3)22(14-16(2)26-21)33-15-17-10-12-18(13-11-17)19-8-5-6-9-20(19)24-27-29-30-28-24;/h5-6,8-14H,4,7,15H2,1-3H3,(H,27,28,29,30);1H. The van der Waals surface area contributed by atoms with Gasteiger partial charge in [0.15, 0.2) is 5.82 Å². The number of hydrogen-bond acceptors (Lipinski definition) is 7. The number of aromatic amines is 1. The summed E-state index contributed by atoms with van der Waals surface area (Å²) in [5, 5.41) is 14.2. The summed E-state index contributed by atoms with van der Waals surface area (Å²) in [7, 11) is 1.37. The molecule has 1 N–H and O–H groups in total. The number of ether oxygens (including phenoxy) is 2. The Labute approximate surface area is 204 Å². The summed E-state index contributed by atoms with van der Waals surface area (Å²) in [6.45, 7) is 4.25. The van der Waals surface area contributed by atoms with Crippen molar-refractivity contribution in [1.82, 2.24) is 25.6 Å². The molecule has 2 aromatic heterocycles. The van der Waals surface area contributed by atoms with Crippen molar-refractivity contribution < 1.29 is 14.3 Å². The lowest BCUT2D eigenvalue weighted by molar-refractivity contribution is 0.0593. The Kier molecular flexibility index (Phi) is 8.32. The van der Waals surface area contributed by atoms with E-state index >= 15 is 0 Å². The number of carbonyl (C=O) groups excluding carboxylic acids is 1. The van der Waals surface area contributed by atoms with Gasteiger partial charge in [0.2, 0.25) is 0 Å². The molecule has 4 rings (SSSR count). The van der Waals surface area contributed by atoms with E-state index in [0.29, 0.717) is 35.9 Å². The number of H-pyrrole nitrogens is 1. The molecule has 0 saturated heterocycles. The number of methoxy groups -OCH3 is 1. The molecule has 2 aromatic carbocycles. The molecular weight excluding hydrogens is 454 g/mol. The number of nitrogens with zero attached hydrogens (tertiary/aromatic N) is 4. The molecule has 9 heteroatoms. The van der Waals surface area contributed by atoms with Crippen LogP contribution in [-0.4, -0.2) is 38.7 Å². The van der Waals surface area contributed by atoms with Gasteiger partial charge in [-0.15, -0.1) is 17.5 Å².